The highest BCUT2D eigenvalue weighted by atomic mass is 18.2. The summed E-state index contributed by atoms with van der Waals surface area (Å²) < 4.78 is 36.4. The minimum absolute atomic E-state index is 0.143. The lowest BCUT2D eigenvalue weighted by molar-refractivity contribution is 0.409. The Kier molecular flexibility index (Phi) is 7.69. The molecule has 0 aliphatic heterocycles. The summed E-state index contributed by atoms with van der Waals surface area (Å²) in [6.07, 6.45) is 1.39. The Morgan fingerprint density at radius 2 is 1.04 bits per heavy atom. The summed E-state index contributed by atoms with van der Waals surface area (Å²) in [5, 5.41) is 0. The van der Waals surface area contributed by atoms with E-state index in [1.165, 1.54) is 12.1 Å². The van der Waals surface area contributed by atoms with Crippen LogP contribution in [0.2, 0.25) is 0 Å². The van der Waals surface area contributed by atoms with E-state index in [4.69, 9.17) is 9.47 Å². The summed E-state index contributed by atoms with van der Waals surface area (Å²) in [5.41, 5.74) is 3.09. The van der Waals surface area contributed by atoms with E-state index in [1.807, 2.05) is 27.7 Å². The molecule has 0 N–H and O–H groups in total. The summed E-state index contributed by atoms with van der Waals surface area (Å²) in [7, 11) is 3.19. The van der Waals surface area contributed by atoms with Crippen molar-refractivity contribution in [1.82, 2.24) is 0 Å². The lowest BCUT2D eigenvalue weighted by atomic mass is 10.1. The molecule has 2 aromatic carbocycles. The van der Waals surface area contributed by atoms with Gasteiger partial charge in [0.05, 0.1) is 14.2 Å². The molecule has 0 unspecified atom stereocenters. The highest BCUT2D eigenvalue weighted by Gasteiger charge is 2.06. The topological polar surface area (TPSA) is 18.5 Å². The van der Waals surface area contributed by atoms with E-state index in [0.717, 1.165) is 22.6 Å². The summed E-state index contributed by atoms with van der Waals surface area (Å²) in [6, 6.07) is 6.53. The molecule has 0 bridgehead atoms. The van der Waals surface area contributed by atoms with Crippen LogP contribution in [0.25, 0.3) is 0 Å². The quantitative estimate of drug-likeness (QED) is 0.744. The van der Waals surface area contributed by atoms with Crippen LogP contribution >= 0.6 is 0 Å². The third-order valence-corrected chi connectivity index (χ3v) is 3.89. The molecule has 24 heavy (non-hydrogen) atoms. The maximum Gasteiger partial charge on any atom is 0.126 e. The molecule has 4 heteroatoms. The molecule has 2 rings (SSSR count). The number of aryl methyl sites for hydroxylation is 4. The SMILES string of the molecule is CCc1cc(OC)c(C)cc1[18F].CCc1cc(OC)c(C)cc1[18F]. The number of rotatable bonds is 4. The van der Waals surface area contributed by atoms with Gasteiger partial charge in [-0.15, -0.1) is 0 Å². The van der Waals surface area contributed by atoms with Crippen molar-refractivity contribution in [2.75, 3.05) is 14.2 Å². The standard InChI is InChI=1S/2C10H13FO/c2*1-4-8-6-10(12-3)7(2)5-9(8)11/h2*5-6H,4H2,1-3H3/i2*11-1. The number of ether oxygens (including phenoxy) is 2. The van der Waals surface area contributed by atoms with E-state index >= 15 is 0 Å². The van der Waals surface area contributed by atoms with E-state index < -0.39 is 0 Å². The Hall–Kier alpha value is -2.10. The van der Waals surface area contributed by atoms with Gasteiger partial charge in [-0.2, -0.15) is 0 Å². The minimum atomic E-state index is -0.143. The average molecular weight is 334 g/mol. The Morgan fingerprint density at radius 1 is 0.708 bits per heavy atom. The summed E-state index contributed by atoms with van der Waals surface area (Å²) in [4.78, 5) is 0. The maximum atomic E-state index is 13.1. The molecule has 2 aromatic rings. The van der Waals surface area contributed by atoms with Gasteiger partial charge in [-0.1, -0.05) is 13.8 Å². The van der Waals surface area contributed by atoms with Crippen LogP contribution in [0.4, 0.5) is 8.78 Å². The van der Waals surface area contributed by atoms with Crippen molar-refractivity contribution in [3.63, 3.8) is 0 Å². The van der Waals surface area contributed by atoms with Crippen LogP contribution in [-0.2, 0) is 12.8 Å². The predicted molar refractivity (Wildman–Crippen MR) is 94.1 cm³/mol. The summed E-state index contributed by atoms with van der Waals surface area (Å²) in [5.74, 6) is 1.23. The fourth-order valence-corrected chi connectivity index (χ4v) is 2.37. The molecule has 0 heterocycles. The van der Waals surface area contributed by atoms with Crippen molar-refractivity contribution in [2.45, 2.75) is 40.5 Å². The second-order valence-corrected chi connectivity index (χ2v) is 5.53. The number of hydrogen-bond donors (Lipinski definition) is 0. The van der Waals surface area contributed by atoms with E-state index in [9.17, 15) is 8.78 Å². The number of halogens is 2. The van der Waals surface area contributed by atoms with Crippen LogP contribution < -0.4 is 9.47 Å². The van der Waals surface area contributed by atoms with Crippen LogP contribution in [0.15, 0.2) is 24.3 Å². The Balaban J connectivity index is 0.000000240. The fraction of sp³-hybridized carbons (Fsp3) is 0.400. The third kappa shape index (κ3) is 4.95. The highest BCUT2D eigenvalue weighted by molar-refractivity contribution is 5.38. The van der Waals surface area contributed by atoms with Gasteiger partial charge in [-0.05, 0) is 73.2 Å². The molecule has 0 fully saturated rings. The molecule has 0 atom stereocenters. The number of hydrogen-bond acceptors (Lipinski definition) is 2. The normalized spacial score (nSPS) is 10.0. The molecule has 0 amide bonds. The fourth-order valence-electron chi connectivity index (χ4n) is 2.37. The monoisotopic (exact) mass is 334 g/mol. The van der Waals surface area contributed by atoms with Gasteiger partial charge in [-0.3, -0.25) is 0 Å². The van der Waals surface area contributed by atoms with Crippen molar-refractivity contribution >= 4 is 0 Å². The maximum absolute atomic E-state index is 13.1. The minimum Gasteiger partial charge on any atom is -0.496 e. The van der Waals surface area contributed by atoms with E-state index in [-0.39, 0.29) is 11.6 Å². The first-order valence-electron chi connectivity index (χ1n) is 8.03. The molecule has 0 aromatic heterocycles. The molecular weight excluding hydrogens is 308 g/mol. The van der Waals surface area contributed by atoms with Gasteiger partial charge in [0.25, 0.3) is 0 Å². The molecule has 0 aliphatic carbocycles. The first kappa shape index (κ1) is 19.9. The van der Waals surface area contributed by atoms with Crippen LogP contribution in [0.3, 0.4) is 0 Å². The average Bonchev–Trinajstić information content (AvgIpc) is 2.56. The van der Waals surface area contributed by atoms with Crippen molar-refractivity contribution in [2.24, 2.45) is 0 Å². The van der Waals surface area contributed by atoms with Gasteiger partial charge in [-0.25, -0.2) is 8.78 Å². The second kappa shape index (κ2) is 9.26. The van der Waals surface area contributed by atoms with Gasteiger partial charge in [0.15, 0.2) is 0 Å². The van der Waals surface area contributed by atoms with Crippen molar-refractivity contribution in [3.05, 3.63) is 58.2 Å². The zero-order chi connectivity index (χ0) is 18.3. The van der Waals surface area contributed by atoms with Gasteiger partial charge >= 0.3 is 0 Å². The smallest absolute Gasteiger partial charge is 0.126 e. The molecular formula is C20H26F2O2. The molecule has 0 spiro atoms. The Bertz CT molecular complexity index is 572. The first-order valence-corrected chi connectivity index (χ1v) is 8.03. The summed E-state index contributed by atoms with van der Waals surface area (Å²) >= 11 is 0. The van der Waals surface area contributed by atoms with Crippen molar-refractivity contribution < 1.29 is 18.3 Å². The van der Waals surface area contributed by atoms with Crippen LogP contribution in [0.5, 0.6) is 11.5 Å². The zero-order valence-electron chi connectivity index (χ0n) is 15.3. The lowest BCUT2D eigenvalue weighted by Gasteiger charge is -2.07. The first-order chi connectivity index (χ1) is 11.4. The molecule has 0 radical (unpaired) electrons. The Labute approximate surface area is 143 Å². The van der Waals surface area contributed by atoms with Crippen LogP contribution in [0.1, 0.15) is 36.1 Å². The molecule has 0 saturated carbocycles. The largest absolute Gasteiger partial charge is 0.496 e. The van der Waals surface area contributed by atoms with E-state index in [2.05, 4.69) is 0 Å². The van der Waals surface area contributed by atoms with Crippen molar-refractivity contribution in [3.8, 4) is 11.5 Å². The van der Waals surface area contributed by atoms with E-state index in [1.54, 1.807) is 26.4 Å². The highest BCUT2D eigenvalue weighted by Crippen LogP contribution is 2.23. The summed E-state index contributed by atoms with van der Waals surface area (Å²) in [6.45, 7) is 7.52. The third-order valence-electron chi connectivity index (χ3n) is 3.89. The van der Waals surface area contributed by atoms with Gasteiger partial charge in [0, 0.05) is 0 Å². The predicted octanol–water partition coefficient (Wildman–Crippen LogP) is 5.41. The molecule has 132 valence electrons. The van der Waals surface area contributed by atoms with Crippen LogP contribution in [-0.4, -0.2) is 14.2 Å². The number of benzene rings is 2. The molecule has 2 nitrogen and oxygen atoms in total. The lowest BCUT2D eigenvalue weighted by Crippen LogP contribution is -1.93. The molecule has 0 saturated heterocycles. The van der Waals surface area contributed by atoms with Crippen LogP contribution in [0, 0.1) is 25.5 Å². The van der Waals surface area contributed by atoms with Gasteiger partial charge in [0.2, 0.25) is 0 Å². The van der Waals surface area contributed by atoms with Crippen molar-refractivity contribution in [1.29, 1.82) is 0 Å². The second-order valence-electron chi connectivity index (χ2n) is 5.53. The Morgan fingerprint density at radius 3 is 1.29 bits per heavy atom. The van der Waals surface area contributed by atoms with Gasteiger partial charge < -0.3 is 9.47 Å². The molecule has 0 aliphatic rings. The van der Waals surface area contributed by atoms with Gasteiger partial charge in [0.1, 0.15) is 23.1 Å². The van der Waals surface area contributed by atoms with E-state index in [0.29, 0.717) is 24.0 Å². The number of methoxy groups -OCH3 is 2. The zero-order valence-corrected chi connectivity index (χ0v) is 15.3.